The van der Waals surface area contributed by atoms with Crippen molar-refractivity contribution in [1.82, 2.24) is 0 Å². The van der Waals surface area contributed by atoms with Gasteiger partial charge < -0.3 is 10.6 Å². The minimum Gasteiger partial charge on any atom is -0.326 e. The first-order chi connectivity index (χ1) is 17.1. The molecule has 3 aromatic rings. The molecule has 37 heavy (non-hydrogen) atoms. The number of benzene rings is 3. The smallest absolute Gasteiger partial charge is 0.326 e. The van der Waals surface area contributed by atoms with Gasteiger partial charge in [0.15, 0.2) is 0 Å². The van der Waals surface area contributed by atoms with Gasteiger partial charge >= 0.3 is 12.4 Å². The van der Waals surface area contributed by atoms with Crippen LogP contribution in [0.15, 0.2) is 60.7 Å². The second-order valence-electron chi connectivity index (χ2n) is 7.74. The Morgan fingerprint density at radius 2 is 1.57 bits per heavy atom. The lowest BCUT2D eigenvalue weighted by Gasteiger charge is -2.21. The van der Waals surface area contributed by atoms with Gasteiger partial charge in [0.2, 0.25) is 5.91 Å². The Morgan fingerprint density at radius 3 is 2.19 bits per heavy atom. The molecular formula is C24H15ClF8N2O2. The first kappa shape index (κ1) is 27.9. The molecule has 0 unspecified atom stereocenters. The number of anilines is 2. The Labute approximate surface area is 209 Å². The Bertz CT molecular complexity index is 1320. The van der Waals surface area contributed by atoms with Crippen molar-refractivity contribution in [1.29, 1.82) is 0 Å². The van der Waals surface area contributed by atoms with Gasteiger partial charge in [-0.1, -0.05) is 29.8 Å². The van der Waals surface area contributed by atoms with Crippen LogP contribution in [0.3, 0.4) is 0 Å². The largest absolute Gasteiger partial charge is 0.416 e. The predicted molar refractivity (Wildman–Crippen MR) is 119 cm³/mol. The molecule has 0 aliphatic carbocycles. The maximum atomic E-state index is 13.8. The van der Waals surface area contributed by atoms with Crippen LogP contribution >= 0.6 is 11.6 Å². The maximum Gasteiger partial charge on any atom is 0.416 e. The summed E-state index contributed by atoms with van der Waals surface area (Å²) in [6, 6.07) is 8.25. The van der Waals surface area contributed by atoms with E-state index < -0.39 is 59.3 Å². The average Bonchev–Trinajstić information content (AvgIpc) is 2.79. The minimum absolute atomic E-state index is 0.157. The third-order valence-corrected chi connectivity index (χ3v) is 5.40. The average molecular weight is 551 g/mol. The molecule has 0 radical (unpaired) electrons. The van der Waals surface area contributed by atoms with Crippen molar-refractivity contribution in [3.8, 4) is 0 Å². The molecule has 0 saturated carbocycles. The summed E-state index contributed by atoms with van der Waals surface area (Å²) in [6.45, 7) is 0. The Morgan fingerprint density at radius 1 is 0.865 bits per heavy atom. The standard InChI is InChI=1S/C24H15ClF8N2O2/c25-18-6-5-15(10-16(18)22(37)35-20-7-4-14(26)9-19(20)27)34-21(36)11-17(24(31,32)33)12-2-1-3-13(8-12)23(28,29)30/h1-10,17H,11H2,(H,34,36)(H,35,37)/t17-/m1/s1. The van der Waals surface area contributed by atoms with E-state index in [0.29, 0.717) is 18.2 Å². The van der Waals surface area contributed by atoms with Gasteiger partial charge in [-0.25, -0.2) is 8.78 Å². The van der Waals surface area contributed by atoms with Crippen molar-refractivity contribution >= 4 is 34.8 Å². The van der Waals surface area contributed by atoms with E-state index in [1.54, 1.807) is 0 Å². The van der Waals surface area contributed by atoms with Gasteiger partial charge in [-0.2, -0.15) is 26.3 Å². The number of halogens is 9. The molecule has 3 rings (SSSR count). The molecule has 0 bridgehead atoms. The highest BCUT2D eigenvalue weighted by atomic mass is 35.5. The summed E-state index contributed by atoms with van der Waals surface area (Å²) in [4.78, 5) is 24.9. The highest BCUT2D eigenvalue weighted by molar-refractivity contribution is 6.34. The summed E-state index contributed by atoms with van der Waals surface area (Å²) in [6.07, 6.45) is -11.2. The van der Waals surface area contributed by atoms with E-state index in [2.05, 4.69) is 10.6 Å². The van der Waals surface area contributed by atoms with Gasteiger partial charge in [-0.05, 0) is 42.0 Å². The van der Waals surface area contributed by atoms with Crippen LogP contribution < -0.4 is 10.6 Å². The molecule has 0 aromatic heterocycles. The zero-order valence-electron chi connectivity index (χ0n) is 18.3. The normalized spacial score (nSPS) is 12.7. The number of hydrogen-bond donors (Lipinski definition) is 2. The minimum atomic E-state index is -5.05. The molecule has 0 spiro atoms. The lowest BCUT2D eigenvalue weighted by Crippen LogP contribution is -2.26. The Hall–Kier alpha value is -3.67. The van der Waals surface area contributed by atoms with E-state index in [4.69, 9.17) is 11.6 Å². The van der Waals surface area contributed by atoms with Crippen LogP contribution in [0.25, 0.3) is 0 Å². The second kappa shape index (κ2) is 10.8. The molecule has 4 nitrogen and oxygen atoms in total. The van der Waals surface area contributed by atoms with Crippen molar-refractivity contribution in [3.63, 3.8) is 0 Å². The molecule has 13 heteroatoms. The third kappa shape index (κ3) is 7.19. The van der Waals surface area contributed by atoms with E-state index >= 15 is 0 Å². The molecule has 2 N–H and O–H groups in total. The molecule has 196 valence electrons. The molecule has 0 saturated heterocycles. The summed E-state index contributed by atoms with van der Waals surface area (Å²) in [5.41, 5.74) is -2.90. The van der Waals surface area contributed by atoms with Crippen LogP contribution in [0.1, 0.15) is 33.8 Å². The molecule has 0 heterocycles. The fourth-order valence-electron chi connectivity index (χ4n) is 3.31. The lowest BCUT2D eigenvalue weighted by atomic mass is 9.93. The summed E-state index contributed by atoms with van der Waals surface area (Å²) < 4.78 is 107. The Kier molecular flexibility index (Phi) is 8.11. The number of nitrogens with one attached hydrogen (secondary N) is 2. The van der Waals surface area contributed by atoms with Gasteiger partial charge in [-0.15, -0.1) is 0 Å². The number of alkyl halides is 6. The number of rotatable bonds is 6. The van der Waals surface area contributed by atoms with Gasteiger partial charge in [-0.3, -0.25) is 9.59 Å². The quantitative estimate of drug-likeness (QED) is 0.311. The van der Waals surface area contributed by atoms with E-state index in [0.717, 1.165) is 36.4 Å². The lowest BCUT2D eigenvalue weighted by molar-refractivity contribution is -0.156. The monoisotopic (exact) mass is 550 g/mol. The van der Waals surface area contributed by atoms with Gasteiger partial charge in [0.05, 0.1) is 27.8 Å². The number of carbonyl (C=O) groups is 2. The highest BCUT2D eigenvalue weighted by Gasteiger charge is 2.43. The van der Waals surface area contributed by atoms with E-state index in [1.165, 1.54) is 6.07 Å². The number of amides is 2. The van der Waals surface area contributed by atoms with Crippen LogP contribution in [-0.2, 0) is 11.0 Å². The van der Waals surface area contributed by atoms with E-state index in [9.17, 15) is 44.7 Å². The predicted octanol–water partition coefficient (Wildman–Crippen LogP) is 7.56. The van der Waals surface area contributed by atoms with Crippen LogP contribution in [0.5, 0.6) is 0 Å². The molecule has 0 aliphatic heterocycles. The number of carbonyl (C=O) groups excluding carboxylic acids is 2. The summed E-state index contributed by atoms with van der Waals surface area (Å²) >= 11 is 5.97. The van der Waals surface area contributed by atoms with Crippen molar-refractivity contribution in [2.45, 2.75) is 24.7 Å². The van der Waals surface area contributed by atoms with Crippen molar-refractivity contribution in [2.75, 3.05) is 10.6 Å². The zero-order valence-corrected chi connectivity index (χ0v) is 19.0. The highest BCUT2D eigenvalue weighted by Crippen LogP contribution is 2.40. The molecule has 0 fully saturated rings. The number of hydrogen-bond acceptors (Lipinski definition) is 2. The summed E-state index contributed by atoms with van der Waals surface area (Å²) in [5.74, 6) is -6.70. The summed E-state index contributed by atoms with van der Waals surface area (Å²) in [7, 11) is 0. The molecule has 0 aliphatic rings. The second-order valence-corrected chi connectivity index (χ2v) is 8.15. The molecule has 2 amide bonds. The van der Waals surface area contributed by atoms with Crippen molar-refractivity contribution < 1.29 is 44.7 Å². The molecule has 1 atom stereocenters. The van der Waals surface area contributed by atoms with Crippen LogP contribution in [-0.4, -0.2) is 18.0 Å². The van der Waals surface area contributed by atoms with Gasteiger partial charge in [0.25, 0.3) is 5.91 Å². The third-order valence-electron chi connectivity index (χ3n) is 5.08. The first-order valence-corrected chi connectivity index (χ1v) is 10.6. The van der Waals surface area contributed by atoms with Gasteiger partial charge in [0.1, 0.15) is 11.6 Å². The van der Waals surface area contributed by atoms with E-state index in [-0.39, 0.29) is 22.0 Å². The molecule has 3 aromatic carbocycles. The zero-order chi connectivity index (χ0) is 27.5. The Balaban J connectivity index is 1.79. The fourth-order valence-corrected chi connectivity index (χ4v) is 3.51. The summed E-state index contributed by atoms with van der Waals surface area (Å²) in [5, 5.41) is 4.13. The SMILES string of the molecule is O=C(C[C@H](c1cccc(C(F)(F)F)c1)C(F)(F)F)Nc1ccc(Cl)c(C(=O)Nc2ccc(F)cc2F)c1. The maximum absolute atomic E-state index is 13.8. The van der Waals surface area contributed by atoms with E-state index in [1.807, 2.05) is 0 Å². The fraction of sp³-hybridized carbons (Fsp3) is 0.167. The van der Waals surface area contributed by atoms with Crippen molar-refractivity contribution in [2.24, 2.45) is 0 Å². The van der Waals surface area contributed by atoms with Crippen LogP contribution in [0, 0.1) is 11.6 Å². The first-order valence-electron chi connectivity index (χ1n) is 10.2. The topological polar surface area (TPSA) is 58.2 Å². The van der Waals surface area contributed by atoms with Crippen LogP contribution in [0.4, 0.5) is 46.5 Å². The van der Waals surface area contributed by atoms with Crippen molar-refractivity contribution in [3.05, 3.63) is 94.0 Å². The van der Waals surface area contributed by atoms with Gasteiger partial charge in [0, 0.05) is 18.2 Å². The van der Waals surface area contributed by atoms with Crippen LogP contribution in [0.2, 0.25) is 5.02 Å². The molecular weight excluding hydrogens is 536 g/mol.